The van der Waals surface area contributed by atoms with Gasteiger partial charge in [0.1, 0.15) is 10.5 Å². The Bertz CT molecular complexity index is 1210. The van der Waals surface area contributed by atoms with Gasteiger partial charge in [-0.15, -0.1) is 11.3 Å². The fourth-order valence-electron chi connectivity index (χ4n) is 3.93. The number of carbonyl (C=O) groups is 1. The third-order valence-electron chi connectivity index (χ3n) is 5.69. The maximum atomic E-state index is 12.8. The standard InChI is InChI=1S/C24H24N4O2S/c1-28-9-6-21(27-28)18-4-2-16(3-5-18)12-19-13-22(26-24-20(19)8-11-31-24)23(29)25-14-17-7-10-30-15-17/h2-6,8-9,11,13,17H,7,10,12,14-15H2,1H3,(H,25,29). The molecule has 4 aromatic rings. The van der Waals surface area contributed by atoms with Crippen LogP contribution in [0, 0.1) is 5.92 Å². The average molecular weight is 433 g/mol. The van der Waals surface area contributed by atoms with Crippen LogP contribution in [-0.4, -0.2) is 40.4 Å². The third kappa shape index (κ3) is 4.38. The molecule has 1 aliphatic rings. The van der Waals surface area contributed by atoms with Gasteiger partial charge in [-0.3, -0.25) is 9.48 Å². The van der Waals surface area contributed by atoms with Gasteiger partial charge in [0.25, 0.3) is 5.91 Å². The minimum absolute atomic E-state index is 0.117. The van der Waals surface area contributed by atoms with Gasteiger partial charge in [0.05, 0.1) is 12.3 Å². The topological polar surface area (TPSA) is 69.0 Å². The summed E-state index contributed by atoms with van der Waals surface area (Å²) in [6.45, 7) is 2.13. The minimum atomic E-state index is -0.117. The van der Waals surface area contributed by atoms with E-state index in [2.05, 4.69) is 45.7 Å². The molecule has 5 rings (SSSR count). The lowest BCUT2D eigenvalue weighted by Crippen LogP contribution is -2.30. The molecule has 0 spiro atoms. The Kier molecular flexibility index (Phi) is 5.53. The summed E-state index contributed by atoms with van der Waals surface area (Å²) in [5.41, 5.74) is 4.84. The zero-order chi connectivity index (χ0) is 21.2. The van der Waals surface area contributed by atoms with Gasteiger partial charge in [-0.1, -0.05) is 24.3 Å². The molecule has 0 bridgehead atoms. The van der Waals surface area contributed by atoms with Crippen LogP contribution >= 0.6 is 11.3 Å². The number of fused-ring (bicyclic) bond motifs is 1. The van der Waals surface area contributed by atoms with E-state index in [9.17, 15) is 4.79 Å². The van der Waals surface area contributed by atoms with E-state index in [4.69, 9.17) is 4.74 Å². The van der Waals surface area contributed by atoms with Crippen molar-refractivity contribution in [3.63, 3.8) is 0 Å². The molecule has 1 saturated heterocycles. The van der Waals surface area contributed by atoms with Crippen LogP contribution in [0.2, 0.25) is 0 Å². The number of benzene rings is 1. The second-order valence-electron chi connectivity index (χ2n) is 7.99. The summed E-state index contributed by atoms with van der Waals surface area (Å²) < 4.78 is 7.20. The van der Waals surface area contributed by atoms with E-state index in [-0.39, 0.29) is 5.91 Å². The largest absolute Gasteiger partial charge is 0.381 e. The van der Waals surface area contributed by atoms with E-state index in [0.717, 1.165) is 53.1 Å². The Morgan fingerprint density at radius 1 is 1.26 bits per heavy atom. The van der Waals surface area contributed by atoms with Gasteiger partial charge in [0.15, 0.2) is 0 Å². The van der Waals surface area contributed by atoms with Gasteiger partial charge < -0.3 is 10.1 Å². The summed E-state index contributed by atoms with van der Waals surface area (Å²) in [6.07, 6.45) is 3.69. The number of nitrogens with one attached hydrogen (secondary N) is 1. The smallest absolute Gasteiger partial charge is 0.269 e. The van der Waals surface area contributed by atoms with E-state index >= 15 is 0 Å². The number of amides is 1. The molecular weight excluding hydrogens is 408 g/mol. The fraction of sp³-hybridized carbons (Fsp3) is 0.292. The van der Waals surface area contributed by atoms with Crippen molar-refractivity contribution in [2.24, 2.45) is 13.0 Å². The highest BCUT2D eigenvalue weighted by atomic mass is 32.1. The number of rotatable bonds is 6. The van der Waals surface area contributed by atoms with Crippen LogP contribution in [0.25, 0.3) is 21.5 Å². The summed E-state index contributed by atoms with van der Waals surface area (Å²) in [7, 11) is 1.92. The van der Waals surface area contributed by atoms with Crippen molar-refractivity contribution in [2.75, 3.05) is 19.8 Å². The van der Waals surface area contributed by atoms with Crippen molar-refractivity contribution in [1.29, 1.82) is 0 Å². The van der Waals surface area contributed by atoms with Gasteiger partial charge in [0.2, 0.25) is 0 Å². The zero-order valence-electron chi connectivity index (χ0n) is 17.4. The molecule has 4 heterocycles. The Balaban J connectivity index is 1.36. The number of pyridine rings is 1. The predicted molar refractivity (Wildman–Crippen MR) is 122 cm³/mol. The normalized spacial score (nSPS) is 16.1. The first-order chi connectivity index (χ1) is 15.2. The van der Waals surface area contributed by atoms with Crippen molar-refractivity contribution < 1.29 is 9.53 Å². The van der Waals surface area contributed by atoms with Gasteiger partial charge >= 0.3 is 0 Å². The first-order valence-corrected chi connectivity index (χ1v) is 11.4. The molecule has 1 aromatic carbocycles. The van der Waals surface area contributed by atoms with E-state index in [1.54, 1.807) is 16.0 Å². The van der Waals surface area contributed by atoms with E-state index in [1.165, 1.54) is 5.56 Å². The Hall–Kier alpha value is -3.03. The number of ether oxygens (including phenoxy) is 1. The molecule has 31 heavy (non-hydrogen) atoms. The monoisotopic (exact) mass is 432 g/mol. The summed E-state index contributed by atoms with van der Waals surface area (Å²) >= 11 is 1.57. The van der Waals surface area contributed by atoms with Crippen LogP contribution < -0.4 is 5.32 Å². The molecule has 1 atom stereocenters. The number of nitrogens with zero attached hydrogens (tertiary/aromatic N) is 3. The van der Waals surface area contributed by atoms with Crippen LogP contribution in [0.4, 0.5) is 0 Å². The summed E-state index contributed by atoms with van der Waals surface area (Å²) in [6, 6.07) is 14.5. The van der Waals surface area contributed by atoms with Crippen LogP contribution in [0.3, 0.4) is 0 Å². The number of aryl methyl sites for hydroxylation is 1. The first-order valence-electron chi connectivity index (χ1n) is 10.5. The van der Waals surface area contributed by atoms with Gasteiger partial charge in [-0.05, 0) is 47.5 Å². The Morgan fingerprint density at radius 2 is 2.13 bits per heavy atom. The lowest BCUT2D eigenvalue weighted by Gasteiger charge is -2.11. The molecule has 1 aliphatic heterocycles. The number of hydrogen-bond donors (Lipinski definition) is 1. The van der Waals surface area contributed by atoms with E-state index in [0.29, 0.717) is 18.2 Å². The van der Waals surface area contributed by atoms with Gasteiger partial charge in [0, 0.05) is 43.3 Å². The van der Waals surface area contributed by atoms with Crippen LogP contribution in [-0.2, 0) is 18.2 Å². The maximum absolute atomic E-state index is 12.8. The summed E-state index contributed by atoms with van der Waals surface area (Å²) in [4.78, 5) is 18.3. The second kappa shape index (κ2) is 8.61. The predicted octanol–water partition coefficient (Wildman–Crippen LogP) is 4.05. The van der Waals surface area contributed by atoms with Crippen molar-refractivity contribution in [3.8, 4) is 11.3 Å². The molecule has 1 N–H and O–H groups in total. The average Bonchev–Trinajstić information content (AvgIpc) is 3.54. The molecule has 0 aliphatic carbocycles. The lowest BCUT2D eigenvalue weighted by molar-refractivity contribution is 0.0940. The third-order valence-corrected chi connectivity index (χ3v) is 6.50. The van der Waals surface area contributed by atoms with Crippen molar-refractivity contribution >= 4 is 27.5 Å². The minimum Gasteiger partial charge on any atom is -0.381 e. The van der Waals surface area contributed by atoms with E-state index < -0.39 is 0 Å². The lowest BCUT2D eigenvalue weighted by atomic mass is 10.0. The first kappa shape index (κ1) is 19.9. The highest BCUT2D eigenvalue weighted by Crippen LogP contribution is 2.26. The Morgan fingerprint density at radius 3 is 2.87 bits per heavy atom. The van der Waals surface area contributed by atoms with Crippen molar-refractivity contribution in [2.45, 2.75) is 12.8 Å². The van der Waals surface area contributed by atoms with Gasteiger partial charge in [-0.25, -0.2) is 4.98 Å². The van der Waals surface area contributed by atoms with Crippen molar-refractivity contribution in [1.82, 2.24) is 20.1 Å². The van der Waals surface area contributed by atoms with Crippen LogP contribution in [0.1, 0.15) is 28.0 Å². The SMILES string of the molecule is Cn1ccc(-c2ccc(Cc3cc(C(=O)NCC4CCOC4)nc4sccc34)cc2)n1. The molecule has 1 unspecified atom stereocenters. The van der Waals surface area contributed by atoms with Crippen LogP contribution in [0.15, 0.2) is 54.0 Å². The number of aromatic nitrogens is 3. The zero-order valence-corrected chi connectivity index (χ0v) is 18.2. The number of hydrogen-bond acceptors (Lipinski definition) is 5. The molecule has 0 saturated carbocycles. The molecule has 6 nitrogen and oxygen atoms in total. The highest BCUT2D eigenvalue weighted by molar-refractivity contribution is 7.16. The molecule has 1 amide bonds. The Labute approximate surface area is 184 Å². The molecule has 7 heteroatoms. The maximum Gasteiger partial charge on any atom is 0.269 e. The molecule has 1 fully saturated rings. The molecular formula is C24H24N4O2S. The summed E-state index contributed by atoms with van der Waals surface area (Å²) in [5, 5.41) is 10.6. The molecule has 0 radical (unpaired) electrons. The second-order valence-corrected chi connectivity index (χ2v) is 8.89. The summed E-state index contributed by atoms with van der Waals surface area (Å²) in [5.74, 6) is 0.278. The van der Waals surface area contributed by atoms with E-state index in [1.807, 2.05) is 30.8 Å². The van der Waals surface area contributed by atoms with Crippen LogP contribution in [0.5, 0.6) is 0 Å². The van der Waals surface area contributed by atoms with Gasteiger partial charge in [-0.2, -0.15) is 5.10 Å². The van der Waals surface area contributed by atoms with Crippen molar-refractivity contribution in [3.05, 3.63) is 70.9 Å². The number of carbonyl (C=O) groups excluding carboxylic acids is 1. The number of thiophene rings is 1. The fourth-order valence-corrected chi connectivity index (χ4v) is 4.74. The quantitative estimate of drug-likeness (QED) is 0.499. The molecule has 158 valence electrons. The molecule has 3 aromatic heterocycles. The highest BCUT2D eigenvalue weighted by Gasteiger charge is 2.18.